The smallest absolute Gasteiger partial charge is 0.235 e. The maximum atomic E-state index is 5.25. The van der Waals surface area contributed by atoms with Gasteiger partial charge in [0.1, 0.15) is 0 Å². The molecule has 8 aromatic rings. The molecule has 35 heavy (non-hydrogen) atoms. The number of fused-ring (bicyclic) bond motifs is 8. The van der Waals surface area contributed by atoms with Crippen molar-refractivity contribution in [3.63, 3.8) is 0 Å². The third-order valence-electron chi connectivity index (χ3n) is 6.63. The van der Waals surface area contributed by atoms with E-state index in [1.807, 2.05) is 28.7 Å². The van der Waals surface area contributed by atoms with Gasteiger partial charge in [0.25, 0.3) is 0 Å². The summed E-state index contributed by atoms with van der Waals surface area (Å²) < 4.78 is 7.49. The molecule has 0 N–H and O–H groups in total. The van der Waals surface area contributed by atoms with Gasteiger partial charge in [0.2, 0.25) is 5.95 Å². The number of rotatable bonds is 2. The number of para-hydroxylation sites is 1. The highest BCUT2D eigenvalue weighted by Gasteiger charge is 2.23. The van der Waals surface area contributed by atoms with Crippen LogP contribution in [-0.2, 0) is 0 Å². The van der Waals surface area contributed by atoms with E-state index in [1.54, 1.807) is 0 Å². The Morgan fingerprint density at radius 2 is 1.06 bits per heavy atom. The second-order valence-electron chi connectivity index (χ2n) is 8.64. The summed E-state index contributed by atoms with van der Waals surface area (Å²) in [5.74, 6) is 0.717. The summed E-state index contributed by atoms with van der Waals surface area (Å²) in [5.41, 5.74) is 5.40. The molecule has 4 aromatic carbocycles. The van der Waals surface area contributed by atoms with Gasteiger partial charge in [-0.25, -0.2) is 9.97 Å². The molecule has 3 nitrogen and oxygen atoms in total. The van der Waals surface area contributed by atoms with E-state index >= 15 is 0 Å². The van der Waals surface area contributed by atoms with Crippen LogP contribution in [0.15, 0.2) is 103 Å². The average molecular weight is 484 g/mol. The van der Waals surface area contributed by atoms with Crippen LogP contribution >= 0.6 is 22.7 Å². The number of hydrogen-bond acceptors (Lipinski definition) is 4. The lowest BCUT2D eigenvalue weighted by Crippen LogP contribution is -2.03. The maximum Gasteiger partial charge on any atom is 0.235 e. The fourth-order valence-corrected chi connectivity index (χ4v) is 7.61. The van der Waals surface area contributed by atoms with Gasteiger partial charge in [0.15, 0.2) is 0 Å². The van der Waals surface area contributed by atoms with Crippen LogP contribution in [0.5, 0.6) is 0 Å². The van der Waals surface area contributed by atoms with E-state index in [0.29, 0.717) is 0 Å². The minimum absolute atomic E-state index is 0.717. The first-order valence-electron chi connectivity index (χ1n) is 11.5. The Kier molecular flexibility index (Phi) is 3.97. The Hall–Kier alpha value is -4.06. The molecular formula is C30H17N3S2. The zero-order chi connectivity index (χ0) is 22.9. The van der Waals surface area contributed by atoms with E-state index in [4.69, 9.17) is 9.97 Å². The molecule has 0 aliphatic heterocycles. The monoisotopic (exact) mass is 483 g/mol. The Morgan fingerprint density at radius 1 is 0.514 bits per heavy atom. The van der Waals surface area contributed by atoms with Crippen molar-refractivity contribution < 1.29 is 0 Å². The molecule has 0 unspecified atom stereocenters. The molecule has 0 aliphatic rings. The number of hydrogen-bond donors (Lipinski definition) is 0. The van der Waals surface area contributed by atoms with E-state index in [-0.39, 0.29) is 0 Å². The van der Waals surface area contributed by atoms with Gasteiger partial charge >= 0.3 is 0 Å². The van der Waals surface area contributed by atoms with Gasteiger partial charge in [-0.15, -0.1) is 22.7 Å². The van der Waals surface area contributed by atoms with Gasteiger partial charge in [-0.2, -0.15) is 0 Å². The van der Waals surface area contributed by atoms with Crippen molar-refractivity contribution in [2.24, 2.45) is 0 Å². The van der Waals surface area contributed by atoms with Crippen molar-refractivity contribution in [3.05, 3.63) is 103 Å². The number of thiophene rings is 2. The maximum absolute atomic E-state index is 5.25. The Labute approximate surface area is 208 Å². The molecule has 0 saturated heterocycles. The highest BCUT2D eigenvalue weighted by Crippen LogP contribution is 2.47. The lowest BCUT2D eigenvalue weighted by atomic mass is 10.1. The van der Waals surface area contributed by atoms with Crippen LogP contribution in [0.2, 0.25) is 0 Å². The van der Waals surface area contributed by atoms with E-state index in [1.165, 1.54) is 40.6 Å². The molecule has 0 amide bonds. The number of aromatic nitrogens is 3. The highest BCUT2D eigenvalue weighted by atomic mass is 32.1. The zero-order valence-corrected chi connectivity index (χ0v) is 20.1. The van der Waals surface area contributed by atoms with Crippen LogP contribution in [0.25, 0.3) is 68.7 Å². The zero-order valence-electron chi connectivity index (χ0n) is 18.5. The average Bonchev–Trinajstić information content (AvgIpc) is 3.57. The fourth-order valence-electron chi connectivity index (χ4n) is 5.11. The lowest BCUT2D eigenvalue weighted by Gasteiger charge is -2.11. The van der Waals surface area contributed by atoms with Gasteiger partial charge in [-0.1, -0.05) is 84.9 Å². The summed E-state index contributed by atoms with van der Waals surface area (Å²) in [5, 5.41) is 3.56. The summed E-state index contributed by atoms with van der Waals surface area (Å²) >= 11 is 3.72. The van der Waals surface area contributed by atoms with Crippen LogP contribution in [0, 0.1) is 0 Å². The highest BCUT2D eigenvalue weighted by molar-refractivity contribution is 7.33. The summed E-state index contributed by atoms with van der Waals surface area (Å²) in [4.78, 5) is 10.4. The van der Waals surface area contributed by atoms with Crippen molar-refractivity contribution in [1.29, 1.82) is 0 Å². The Morgan fingerprint density at radius 3 is 1.71 bits per heavy atom. The van der Waals surface area contributed by atoms with Crippen molar-refractivity contribution >= 4 is 74.2 Å². The molecule has 5 heteroatoms. The standard InChI is InChI=1S/C30H17N3S2/c1-2-10-18(11-3-1)25-19-12-4-7-15-22(19)31-30(32-25)33-26-20-13-5-8-16-23(20)34-28(26)29-27(33)21-14-6-9-17-24(21)35-29/h1-17H. The molecule has 4 heterocycles. The molecule has 0 bridgehead atoms. The van der Waals surface area contributed by atoms with Crippen LogP contribution in [0.4, 0.5) is 0 Å². The normalized spacial score (nSPS) is 12.0. The largest absolute Gasteiger partial charge is 0.275 e. The van der Waals surface area contributed by atoms with Crippen molar-refractivity contribution in [1.82, 2.24) is 14.5 Å². The van der Waals surface area contributed by atoms with E-state index in [0.717, 1.165) is 28.1 Å². The summed E-state index contributed by atoms with van der Waals surface area (Å²) in [7, 11) is 0. The minimum atomic E-state index is 0.717. The van der Waals surface area contributed by atoms with E-state index in [9.17, 15) is 0 Å². The van der Waals surface area contributed by atoms with E-state index < -0.39 is 0 Å². The van der Waals surface area contributed by atoms with Crippen molar-refractivity contribution in [3.8, 4) is 17.2 Å². The van der Waals surface area contributed by atoms with E-state index in [2.05, 4.69) is 102 Å². The first kappa shape index (κ1) is 19.3. The first-order valence-corrected chi connectivity index (χ1v) is 13.2. The predicted octanol–water partition coefficient (Wildman–Crippen LogP) is 8.82. The molecular weight excluding hydrogens is 466 g/mol. The van der Waals surface area contributed by atoms with Gasteiger partial charge in [-0.3, -0.25) is 4.57 Å². The molecule has 0 atom stereocenters. The van der Waals surface area contributed by atoms with Crippen LogP contribution < -0.4 is 0 Å². The van der Waals surface area contributed by atoms with Crippen molar-refractivity contribution in [2.75, 3.05) is 0 Å². The predicted molar refractivity (Wildman–Crippen MR) is 150 cm³/mol. The molecule has 4 aromatic heterocycles. The minimum Gasteiger partial charge on any atom is -0.275 e. The number of benzene rings is 4. The molecule has 0 radical (unpaired) electrons. The molecule has 164 valence electrons. The quantitative estimate of drug-likeness (QED) is 0.246. The second kappa shape index (κ2) is 7.22. The lowest BCUT2D eigenvalue weighted by molar-refractivity contribution is 1.02. The molecule has 0 aliphatic carbocycles. The Bertz CT molecular complexity index is 1970. The van der Waals surface area contributed by atoms with Crippen LogP contribution in [-0.4, -0.2) is 14.5 Å². The summed E-state index contributed by atoms with van der Waals surface area (Å²) in [6, 6.07) is 36.1. The topological polar surface area (TPSA) is 30.7 Å². The van der Waals surface area contributed by atoms with Gasteiger partial charge in [-0.05, 0) is 18.2 Å². The molecule has 0 saturated carbocycles. The second-order valence-corrected chi connectivity index (χ2v) is 10.7. The van der Waals surface area contributed by atoms with Crippen molar-refractivity contribution in [2.45, 2.75) is 0 Å². The number of nitrogens with zero attached hydrogens (tertiary/aromatic N) is 3. The third-order valence-corrected chi connectivity index (χ3v) is 9.11. The summed E-state index contributed by atoms with van der Waals surface area (Å²) in [6.45, 7) is 0. The SMILES string of the molecule is c1ccc(-c2nc(-n3c4c5ccccc5sc4c4sc5ccccc5c43)nc3ccccc23)cc1. The first-order chi connectivity index (χ1) is 17.4. The molecule has 0 fully saturated rings. The van der Waals surface area contributed by atoms with Gasteiger partial charge < -0.3 is 0 Å². The van der Waals surface area contributed by atoms with Gasteiger partial charge in [0.05, 0.1) is 31.6 Å². The molecule has 8 rings (SSSR count). The van der Waals surface area contributed by atoms with Crippen LogP contribution in [0.1, 0.15) is 0 Å². The summed E-state index contributed by atoms with van der Waals surface area (Å²) in [6.07, 6.45) is 0. The van der Waals surface area contributed by atoms with Crippen LogP contribution in [0.3, 0.4) is 0 Å². The Balaban J connectivity index is 1.59. The molecule has 0 spiro atoms. The van der Waals surface area contributed by atoms with Gasteiger partial charge in [0, 0.05) is 31.1 Å². The fraction of sp³-hybridized carbons (Fsp3) is 0. The third kappa shape index (κ3) is 2.71.